The fraction of sp³-hybridized carbons (Fsp3) is 0.242. The van der Waals surface area contributed by atoms with Crippen molar-refractivity contribution in [2.24, 2.45) is 4.99 Å². The van der Waals surface area contributed by atoms with E-state index >= 15 is 0 Å². The number of alkyl halides is 3. The average Bonchev–Trinajstić information content (AvgIpc) is 3.53. The summed E-state index contributed by atoms with van der Waals surface area (Å²) in [4.78, 5) is 45.9. The lowest BCUT2D eigenvalue weighted by Gasteiger charge is -2.22. The van der Waals surface area contributed by atoms with Crippen LogP contribution in [0, 0.1) is 13.8 Å². The largest absolute Gasteiger partial charge is 0.573 e. The molecule has 0 aliphatic carbocycles. The number of nitrogens with one attached hydrogen (secondary N) is 1. The van der Waals surface area contributed by atoms with Crippen LogP contribution in [-0.4, -0.2) is 52.0 Å². The van der Waals surface area contributed by atoms with Crippen LogP contribution in [-0.2, 0) is 4.79 Å². The number of anilines is 3. The van der Waals surface area contributed by atoms with E-state index in [1.54, 1.807) is 31.2 Å². The number of aliphatic imine (C=N–C) groups is 1. The zero-order valence-corrected chi connectivity index (χ0v) is 28.0. The molecular formula is C33H30ClF3N6O4S. The molecule has 0 spiro atoms. The summed E-state index contributed by atoms with van der Waals surface area (Å²) in [6, 6.07) is 16.3. The molecule has 4 aromatic rings. The molecule has 1 aliphatic heterocycles. The quantitative estimate of drug-likeness (QED) is 0.209. The highest BCUT2D eigenvalue weighted by atomic mass is 35.5. The number of carbonyl (C=O) groups excluding carboxylic acids is 3. The number of ether oxygens (including phenoxy) is 1. The van der Waals surface area contributed by atoms with Crippen LogP contribution < -0.4 is 19.9 Å². The van der Waals surface area contributed by atoms with Gasteiger partial charge in [-0.1, -0.05) is 49.3 Å². The molecule has 48 heavy (non-hydrogen) atoms. The first kappa shape index (κ1) is 34.5. The maximum absolute atomic E-state index is 13.1. The number of halogens is 4. The van der Waals surface area contributed by atoms with Gasteiger partial charge in [-0.2, -0.15) is 10.1 Å². The lowest BCUT2D eigenvalue weighted by atomic mass is 9.99. The van der Waals surface area contributed by atoms with E-state index in [-0.39, 0.29) is 33.5 Å². The third-order valence-corrected chi connectivity index (χ3v) is 8.59. The molecule has 1 fully saturated rings. The summed E-state index contributed by atoms with van der Waals surface area (Å²) in [5.74, 6) is -0.814. The van der Waals surface area contributed by atoms with Crippen molar-refractivity contribution in [2.45, 2.75) is 40.0 Å². The standard InChI is InChI=1S/C33H30ClF3N6O4S/c1-18(2)25-15-6-19(3)16-26(25)42-27(44)17-48-32(42)39-31(46)38-22-9-11-23(12-10-22)43-29(34)28(20(4)40-43)41(5)30(45)21-7-13-24(14-8-21)47-33(35,36)37/h6-16,18H,17H2,1-5H3,(H,38,46)/b39-32-. The van der Waals surface area contributed by atoms with Gasteiger partial charge in [0.1, 0.15) is 11.4 Å². The predicted octanol–water partition coefficient (Wildman–Crippen LogP) is 8.11. The number of urea groups is 1. The summed E-state index contributed by atoms with van der Waals surface area (Å²) in [5.41, 5.74) is 4.45. The van der Waals surface area contributed by atoms with Crippen molar-refractivity contribution in [1.82, 2.24) is 9.78 Å². The highest BCUT2D eigenvalue weighted by Gasteiger charge is 2.33. The van der Waals surface area contributed by atoms with Crippen LogP contribution in [0.4, 0.5) is 35.0 Å². The molecule has 0 unspecified atom stereocenters. The first-order valence-electron chi connectivity index (χ1n) is 14.6. The smallest absolute Gasteiger partial charge is 0.406 e. The van der Waals surface area contributed by atoms with Gasteiger partial charge in [0.05, 0.1) is 22.8 Å². The van der Waals surface area contributed by atoms with Crippen molar-refractivity contribution >= 4 is 63.4 Å². The molecule has 1 saturated heterocycles. The van der Waals surface area contributed by atoms with E-state index in [0.29, 0.717) is 28.4 Å². The highest BCUT2D eigenvalue weighted by molar-refractivity contribution is 8.15. The molecule has 0 saturated carbocycles. The lowest BCUT2D eigenvalue weighted by Crippen LogP contribution is -2.31. The minimum absolute atomic E-state index is 0.113. The summed E-state index contributed by atoms with van der Waals surface area (Å²) in [5, 5.41) is 7.58. The van der Waals surface area contributed by atoms with Crippen LogP contribution in [0.2, 0.25) is 5.15 Å². The summed E-state index contributed by atoms with van der Waals surface area (Å²) in [6.45, 7) is 7.67. The zero-order chi connectivity index (χ0) is 34.9. The molecular weight excluding hydrogens is 669 g/mol. The Labute approximate surface area is 283 Å². The van der Waals surface area contributed by atoms with Gasteiger partial charge >= 0.3 is 12.4 Å². The SMILES string of the molecule is Cc1ccc(C(C)C)c(N2C(=O)CS/C2=N\C(=O)Nc2ccc(-n3nc(C)c(N(C)C(=O)c4ccc(OC(F)(F)F)cc4)c3Cl)cc2)c1. The minimum atomic E-state index is -4.85. The topological polar surface area (TPSA) is 109 Å². The van der Waals surface area contributed by atoms with Gasteiger partial charge in [0.2, 0.25) is 5.91 Å². The van der Waals surface area contributed by atoms with Crippen LogP contribution >= 0.6 is 23.4 Å². The van der Waals surface area contributed by atoms with Crippen molar-refractivity contribution in [3.8, 4) is 11.4 Å². The van der Waals surface area contributed by atoms with Crippen LogP contribution in [0.25, 0.3) is 5.69 Å². The third kappa shape index (κ3) is 7.50. The molecule has 2 heterocycles. The lowest BCUT2D eigenvalue weighted by molar-refractivity contribution is -0.274. The maximum Gasteiger partial charge on any atom is 0.573 e. The minimum Gasteiger partial charge on any atom is -0.406 e. The van der Waals surface area contributed by atoms with E-state index in [4.69, 9.17) is 11.6 Å². The maximum atomic E-state index is 13.1. The second-order valence-electron chi connectivity index (χ2n) is 11.2. The first-order chi connectivity index (χ1) is 22.6. The number of amides is 4. The fourth-order valence-electron chi connectivity index (χ4n) is 5.08. The van der Waals surface area contributed by atoms with Gasteiger partial charge in [0, 0.05) is 18.3 Å². The van der Waals surface area contributed by atoms with Gasteiger partial charge in [-0.25, -0.2) is 9.48 Å². The van der Waals surface area contributed by atoms with Crippen LogP contribution in [0.5, 0.6) is 5.75 Å². The van der Waals surface area contributed by atoms with Crippen LogP contribution in [0.15, 0.2) is 71.7 Å². The number of aromatic nitrogens is 2. The van der Waals surface area contributed by atoms with Crippen LogP contribution in [0.3, 0.4) is 0 Å². The Morgan fingerprint density at radius 2 is 1.73 bits per heavy atom. The molecule has 1 aromatic heterocycles. The number of hydrogen-bond acceptors (Lipinski definition) is 6. The van der Waals surface area contributed by atoms with E-state index in [1.165, 1.54) is 45.4 Å². The number of nitrogens with zero attached hydrogens (tertiary/aromatic N) is 5. The molecule has 10 nitrogen and oxygen atoms in total. The number of rotatable bonds is 7. The van der Waals surface area contributed by atoms with Gasteiger partial charge in [0.25, 0.3) is 5.91 Å². The Morgan fingerprint density at radius 1 is 1.06 bits per heavy atom. The third-order valence-electron chi connectivity index (χ3n) is 7.32. The molecule has 0 atom stereocenters. The van der Waals surface area contributed by atoms with E-state index < -0.39 is 24.1 Å². The van der Waals surface area contributed by atoms with Crippen molar-refractivity contribution in [1.29, 1.82) is 0 Å². The first-order valence-corrected chi connectivity index (χ1v) is 15.9. The summed E-state index contributed by atoms with van der Waals surface area (Å²) >= 11 is 7.86. The van der Waals surface area contributed by atoms with Crippen molar-refractivity contribution < 1.29 is 32.3 Å². The Hall–Kier alpha value is -4.82. The molecule has 0 radical (unpaired) electrons. The van der Waals surface area contributed by atoms with E-state index in [9.17, 15) is 27.6 Å². The Bertz CT molecular complexity index is 1910. The Morgan fingerprint density at radius 3 is 2.35 bits per heavy atom. The van der Waals surface area contributed by atoms with Crippen molar-refractivity contribution in [3.63, 3.8) is 0 Å². The van der Waals surface area contributed by atoms with Gasteiger partial charge in [-0.05, 0) is 85.5 Å². The van der Waals surface area contributed by atoms with E-state index in [1.807, 2.05) is 39.0 Å². The molecule has 15 heteroatoms. The molecule has 5 rings (SSSR count). The molecule has 1 N–H and O–H groups in total. The molecule has 1 aliphatic rings. The van der Waals surface area contributed by atoms with Crippen molar-refractivity contribution in [2.75, 3.05) is 27.9 Å². The zero-order valence-electron chi connectivity index (χ0n) is 26.4. The normalized spacial score (nSPS) is 14.2. The number of hydrogen-bond donors (Lipinski definition) is 1. The highest BCUT2D eigenvalue weighted by Crippen LogP contribution is 2.35. The number of carbonyl (C=O) groups is 3. The Kier molecular flexibility index (Phi) is 9.87. The van der Waals surface area contributed by atoms with E-state index in [2.05, 4.69) is 20.1 Å². The fourth-order valence-corrected chi connectivity index (χ4v) is 6.34. The summed E-state index contributed by atoms with van der Waals surface area (Å²) < 4.78 is 42.8. The number of aryl methyl sites for hydroxylation is 2. The molecule has 0 bridgehead atoms. The predicted molar refractivity (Wildman–Crippen MR) is 181 cm³/mol. The van der Waals surface area contributed by atoms with E-state index in [0.717, 1.165) is 23.3 Å². The second kappa shape index (κ2) is 13.7. The van der Waals surface area contributed by atoms with Gasteiger partial charge < -0.3 is 15.0 Å². The molecule has 3 aromatic carbocycles. The molecule has 4 amide bonds. The van der Waals surface area contributed by atoms with Crippen LogP contribution in [0.1, 0.15) is 46.9 Å². The average molecular weight is 699 g/mol. The second-order valence-corrected chi connectivity index (χ2v) is 12.5. The molecule has 250 valence electrons. The monoisotopic (exact) mass is 698 g/mol. The number of amidine groups is 1. The van der Waals surface area contributed by atoms with Crippen molar-refractivity contribution in [3.05, 3.63) is 94.3 Å². The Balaban J connectivity index is 1.30. The van der Waals surface area contributed by atoms with Gasteiger partial charge in [-0.15, -0.1) is 13.2 Å². The van der Waals surface area contributed by atoms with Gasteiger partial charge in [-0.3, -0.25) is 14.5 Å². The number of thioether (sulfide) groups is 1. The van der Waals surface area contributed by atoms with Gasteiger partial charge in [0.15, 0.2) is 10.3 Å². The summed E-state index contributed by atoms with van der Waals surface area (Å²) in [7, 11) is 1.47. The summed E-state index contributed by atoms with van der Waals surface area (Å²) in [6.07, 6.45) is -4.85. The number of benzene rings is 3.